The summed E-state index contributed by atoms with van der Waals surface area (Å²) in [5.74, 6) is -0.111. The Morgan fingerprint density at radius 2 is 2.11 bits per heavy atom. The smallest absolute Gasteiger partial charge is 0.225 e. The highest BCUT2D eigenvalue weighted by molar-refractivity contribution is 7.80. The Kier molecular flexibility index (Phi) is 6.55. The third kappa shape index (κ3) is 5.49. The Hall–Kier alpha value is -1.93. The van der Waals surface area contributed by atoms with E-state index in [-0.39, 0.29) is 5.91 Å². The molecule has 19 heavy (non-hydrogen) atoms. The van der Waals surface area contributed by atoms with Crippen LogP contribution in [0.5, 0.6) is 0 Å². The molecule has 1 rings (SSSR count). The number of nitrogens with zero attached hydrogens (tertiary/aromatic N) is 2. The fourth-order valence-electron chi connectivity index (χ4n) is 1.53. The number of carbonyl (C=O) groups is 1. The molecule has 1 amide bonds. The number of hydrogen-bond acceptors (Lipinski definition) is 3. The van der Waals surface area contributed by atoms with Gasteiger partial charge in [0, 0.05) is 19.5 Å². The second-order valence-corrected chi connectivity index (χ2v) is 4.41. The maximum atomic E-state index is 11.4. The predicted octanol–water partition coefficient (Wildman–Crippen LogP) is 2.21. The van der Waals surface area contributed by atoms with Crippen LogP contribution in [0.25, 0.3) is 0 Å². The van der Waals surface area contributed by atoms with E-state index in [4.69, 9.17) is 17.5 Å². The molecule has 0 unspecified atom stereocenters. The number of amides is 1. The first-order valence-corrected chi connectivity index (χ1v) is 6.57. The predicted molar refractivity (Wildman–Crippen MR) is 78.1 cm³/mol. The first-order chi connectivity index (χ1) is 9.17. The molecule has 0 atom stereocenters. The summed E-state index contributed by atoms with van der Waals surface area (Å²) in [5, 5.41) is 11.7. The Morgan fingerprint density at radius 3 is 2.68 bits per heavy atom. The number of benzene rings is 1. The summed E-state index contributed by atoms with van der Waals surface area (Å²) in [5.41, 5.74) is 1.09. The van der Waals surface area contributed by atoms with Crippen molar-refractivity contribution in [3.8, 4) is 6.07 Å². The molecule has 0 radical (unpaired) electrons. The molecule has 0 saturated heterocycles. The highest BCUT2D eigenvalue weighted by Crippen LogP contribution is 2.05. The van der Waals surface area contributed by atoms with Crippen molar-refractivity contribution in [2.75, 3.05) is 6.54 Å². The molecule has 0 aromatic heterocycles. The summed E-state index contributed by atoms with van der Waals surface area (Å²) in [6.07, 6.45) is 0.756. The van der Waals surface area contributed by atoms with E-state index in [1.807, 2.05) is 35.2 Å². The van der Waals surface area contributed by atoms with Gasteiger partial charge in [0.05, 0.1) is 12.5 Å². The van der Waals surface area contributed by atoms with E-state index < -0.39 is 0 Å². The standard InChI is InChI=1S/C14H17N3OS/c1-2-13(18)16-14(19)17(10-6-9-15)11-12-7-4-3-5-8-12/h3-5,7-8H,2,6,10-11H2,1H3,(H,16,18,19). The molecule has 100 valence electrons. The van der Waals surface area contributed by atoms with Gasteiger partial charge in [-0.05, 0) is 17.8 Å². The van der Waals surface area contributed by atoms with Crippen LogP contribution in [-0.2, 0) is 11.3 Å². The minimum absolute atomic E-state index is 0.111. The van der Waals surface area contributed by atoms with Gasteiger partial charge >= 0.3 is 0 Å². The zero-order valence-corrected chi connectivity index (χ0v) is 11.7. The molecular weight excluding hydrogens is 258 g/mol. The molecule has 4 nitrogen and oxygen atoms in total. The molecule has 0 aliphatic rings. The summed E-state index contributed by atoms with van der Waals surface area (Å²) in [6.45, 7) is 2.87. The van der Waals surface area contributed by atoms with Gasteiger partial charge in [-0.1, -0.05) is 37.3 Å². The van der Waals surface area contributed by atoms with Crippen LogP contribution < -0.4 is 5.32 Å². The maximum absolute atomic E-state index is 11.4. The lowest BCUT2D eigenvalue weighted by Gasteiger charge is -2.24. The minimum Gasteiger partial charge on any atom is -0.344 e. The van der Waals surface area contributed by atoms with Crippen molar-refractivity contribution in [3.05, 3.63) is 35.9 Å². The van der Waals surface area contributed by atoms with Gasteiger partial charge in [-0.3, -0.25) is 4.79 Å². The molecule has 1 aromatic carbocycles. The lowest BCUT2D eigenvalue weighted by Crippen LogP contribution is -2.42. The Bertz CT molecular complexity index is 467. The molecule has 0 aliphatic carbocycles. The van der Waals surface area contributed by atoms with Crippen LogP contribution in [0.3, 0.4) is 0 Å². The van der Waals surface area contributed by atoms with Crippen LogP contribution in [0.4, 0.5) is 0 Å². The number of rotatable bonds is 5. The second-order valence-electron chi connectivity index (χ2n) is 4.02. The number of nitriles is 1. The van der Waals surface area contributed by atoms with Gasteiger partial charge in [0.15, 0.2) is 5.11 Å². The molecule has 0 heterocycles. The zero-order valence-electron chi connectivity index (χ0n) is 10.9. The van der Waals surface area contributed by atoms with Crippen molar-refractivity contribution in [2.24, 2.45) is 0 Å². The fourth-order valence-corrected chi connectivity index (χ4v) is 1.80. The molecule has 0 saturated carbocycles. The molecule has 0 bridgehead atoms. The quantitative estimate of drug-likeness (QED) is 0.837. The normalized spacial score (nSPS) is 9.47. The zero-order chi connectivity index (χ0) is 14.1. The highest BCUT2D eigenvalue weighted by atomic mass is 32.1. The highest BCUT2D eigenvalue weighted by Gasteiger charge is 2.12. The first kappa shape index (κ1) is 15.1. The van der Waals surface area contributed by atoms with Crippen molar-refractivity contribution < 1.29 is 4.79 Å². The van der Waals surface area contributed by atoms with Crippen LogP contribution in [0.1, 0.15) is 25.3 Å². The molecule has 1 aromatic rings. The summed E-state index contributed by atoms with van der Waals surface area (Å²) in [6, 6.07) is 11.9. The van der Waals surface area contributed by atoms with Crippen molar-refractivity contribution in [2.45, 2.75) is 26.3 Å². The van der Waals surface area contributed by atoms with E-state index in [2.05, 4.69) is 11.4 Å². The number of nitrogens with one attached hydrogen (secondary N) is 1. The summed E-state index contributed by atoms with van der Waals surface area (Å²) in [7, 11) is 0. The molecular formula is C14H17N3OS. The van der Waals surface area contributed by atoms with Crippen LogP contribution in [0.2, 0.25) is 0 Å². The molecule has 0 fully saturated rings. The van der Waals surface area contributed by atoms with Gasteiger partial charge in [0.2, 0.25) is 5.91 Å². The SMILES string of the molecule is CCC(=O)NC(=S)N(CCC#N)Cc1ccccc1. The van der Waals surface area contributed by atoms with Crippen LogP contribution in [0, 0.1) is 11.3 Å². The summed E-state index contributed by atoms with van der Waals surface area (Å²) >= 11 is 5.22. The van der Waals surface area contributed by atoms with Gasteiger partial charge < -0.3 is 10.2 Å². The summed E-state index contributed by atoms with van der Waals surface area (Å²) < 4.78 is 0. The van der Waals surface area contributed by atoms with E-state index in [9.17, 15) is 4.79 Å². The van der Waals surface area contributed by atoms with E-state index in [1.54, 1.807) is 6.92 Å². The number of hydrogen-bond donors (Lipinski definition) is 1. The minimum atomic E-state index is -0.111. The largest absolute Gasteiger partial charge is 0.344 e. The Balaban J connectivity index is 2.68. The van der Waals surface area contributed by atoms with E-state index >= 15 is 0 Å². The van der Waals surface area contributed by atoms with Crippen molar-refractivity contribution >= 4 is 23.2 Å². The average molecular weight is 275 g/mol. The molecule has 1 N–H and O–H groups in total. The van der Waals surface area contributed by atoms with E-state index in [0.29, 0.717) is 31.0 Å². The van der Waals surface area contributed by atoms with Crippen LogP contribution >= 0.6 is 12.2 Å². The van der Waals surface area contributed by atoms with Gasteiger partial charge in [0.1, 0.15) is 0 Å². The van der Waals surface area contributed by atoms with Crippen LogP contribution in [0.15, 0.2) is 30.3 Å². The lowest BCUT2D eigenvalue weighted by molar-refractivity contribution is -0.119. The van der Waals surface area contributed by atoms with Gasteiger partial charge in [0.25, 0.3) is 0 Å². The van der Waals surface area contributed by atoms with Crippen molar-refractivity contribution in [1.29, 1.82) is 5.26 Å². The monoisotopic (exact) mass is 275 g/mol. The Labute approximate surface area is 119 Å². The average Bonchev–Trinajstić information content (AvgIpc) is 2.44. The second kappa shape index (κ2) is 8.22. The summed E-state index contributed by atoms with van der Waals surface area (Å²) in [4.78, 5) is 13.2. The van der Waals surface area contributed by atoms with Crippen molar-refractivity contribution in [1.82, 2.24) is 10.2 Å². The van der Waals surface area contributed by atoms with Gasteiger partial charge in [-0.2, -0.15) is 5.26 Å². The van der Waals surface area contributed by atoms with E-state index in [1.165, 1.54) is 0 Å². The third-order valence-electron chi connectivity index (χ3n) is 2.56. The fraction of sp³-hybridized carbons (Fsp3) is 0.357. The third-order valence-corrected chi connectivity index (χ3v) is 2.92. The molecule has 0 spiro atoms. The maximum Gasteiger partial charge on any atom is 0.225 e. The number of thiocarbonyl (C=S) groups is 1. The number of carbonyl (C=O) groups excluding carboxylic acids is 1. The molecule has 5 heteroatoms. The van der Waals surface area contributed by atoms with Crippen LogP contribution in [-0.4, -0.2) is 22.5 Å². The van der Waals surface area contributed by atoms with Crippen molar-refractivity contribution in [3.63, 3.8) is 0 Å². The molecule has 0 aliphatic heterocycles. The Morgan fingerprint density at radius 1 is 1.42 bits per heavy atom. The first-order valence-electron chi connectivity index (χ1n) is 6.17. The van der Waals surface area contributed by atoms with Gasteiger partial charge in [-0.15, -0.1) is 0 Å². The lowest BCUT2D eigenvalue weighted by atomic mass is 10.2. The topological polar surface area (TPSA) is 56.1 Å². The van der Waals surface area contributed by atoms with Gasteiger partial charge in [-0.25, -0.2) is 0 Å². The van der Waals surface area contributed by atoms with E-state index in [0.717, 1.165) is 5.56 Å².